The van der Waals surface area contributed by atoms with E-state index < -0.39 is 11.7 Å². The Morgan fingerprint density at radius 3 is 2.71 bits per heavy atom. The molecule has 1 aliphatic rings. The number of nitrogens with zero attached hydrogens (tertiary/aromatic N) is 3. The minimum absolute atomic E-state index is 0.163. The normalized spacial score (nSPS) is 15.8. The molecule has 0 radical (unpaired) electrons. The number of carbonyl (C=O) groups excluding carboxylic acids is 1. The summed E-state index contributed by atoms with van der Waals surface area (Å²) < 4.78 is 16.4. The van der Waals surface area contributed by atoms with E-state index in [9.17, 15) is 9.90 Å². The molecule has 4 rings (SSSR count). The molecule has 0 bridgehead atoms. The maximum atomic E-state index is 15.7. The highest BCUT2D eigenvalue weighted by atomic mass is 32.2. The summed E-state index contributed by atoms with van der Waals surface area (Å²) >= 11 is 2.45. The van der Waals surface area contributed by atoms with Crippen LogP contribution in [-0.2, 0) is 10.2 Å². The van der Waals surface area contributed by atoms with Crippen molar-refractivity contribution in [1.82, 2.24) is 20.2 Å². The van der Waals surface area contributed by atoms with Crippen LogP contribution in [0.15, 0.2) is 94.2 Å². The second-order valence-corrected chi connectivity index (χ2v) is 12.6. The number of hydrogen-bond donors (Lipinski definition) is 4. The Kier molecular flexibility index (Phi) is 11.3. The van der Waals surface area contributed by atoms with Crippen LogP contribution in [0, 0.1) is 6.92 Å². The molecule has 2 aromatic heterocycles. The largest absolute Gasteiger partial charge is 0.405 e. The lowest BCUT2D eigenvalue weighted by molar-refractivity contribution is -0.117. The number of piperidine rings is 1. The van der Waals surface area contributed by atoms with Gasteiger partial charge in [0.05, 0.1) is 20.9 Å². The quantitative estimate of drug-likeness (QED) is 0.115. The standard InChI is InChI=1S/C31H37FN6O2S2/c1-22-10-14-34-26(19-22)37-30-35-20-27(42-30)41-25(9-13-33)28(32)23(2)29(40)36-21-31(24-7-4-3-5-8-24)11-16-38(17-12-31)15-6-18-39/h3-5,7-10,13-14,19-20,39H,2,6,11-12,15-18,21,33H2,1H3,(H,36,40)(H,34,35,37)/b13-9-,28-25-. The first-order chi connectivity index (χ1) is 20.3. The van der Waals surface area contributed by atoms with E-state index in [1.807, 2.05) is 37.3 Å². The van der Waals surface area contributed by atoms with Crippen molar-refractivity contribution in [1.29, 1.82) is 0 Å². The molecule has 1 aliphatic heterocycles. The van der Waals surface area contributed by atoms with E-state index >= 15 is 4.39 Å². The molecule has 0 unspecified atom stereocenters. The van der Waals surface area contributed by atoms with Gasteiger partial charge in [-0.25, -0.2) is 14.4 Å². The zero-order chi connectivity index (χ0) is 30.0. The van der Waals surface area contributed by atoms with E-state index in [1.165, 1.54) is 23.6 Å². The van der Waals surface area contributed by atoms with Crippen molar-refractivity contribution >= 4 is 40.0 Å². The number of nitrogens with one attached hydrogen (secondary N) is 2. The minimum Gasteiger partial charge on any atom is -0.405 e. The van der Waals surface area contributed by atoms with E-state index in [-0.39, 0.29) is 22.5 Å². The number of benzene rings is 1. The average molecular weight is 609 g/mol. The number of aliphatic hydroxyl groups is 1. The summed E-state index contributed by atoms with van der Waals surface area (Å²) in [6, 6.07) is 13.9. The van der Waals surface area contributed by atoms with Crippen LogP contribution in [0.3, 0.4) is 0 Å². The number of anilines is 2. The van der Waals surface area contributed by atoms with Gasteiger partial charge in [0.25, 0.3) is 5.91 Å². The van der Waals surface area contributed by atoms with Crippen LogP contribution in [0.25, 0.3) is 0 Å². The molecule has 8 nitrogen and oxygen atoms in total. The molecule has 11 heteroatoms. The number of aromatic nitrogens is 2. The molecule has 222 valence electrons. The Morgan fingerprint density at radius 1 is 1.26 bits per heavy atom. The van der Waals surface area contributed by atoms with Gasteiger partial charge in [0.1, 0.15) is 11.6 Å². The van der Waals surface area contributed by atoms with E-state index in [1.54, 1.807) is 12.4 Å². The predicted octanol–water partition coefficient (Wildman–Crippen LogP) is 5.42. The van der Waals surface area contributed by atoms with Crippen molar-refractivity contribution in [2.75, 3.05) is 38.1 Å². The Bertz CT molecular complexity index is 1420. The van der Waals surface area contributed by atoms with Crippen molar-refractivity contribution in [3.05, 3.63) is 101 Å². The predicted molar refractivity (Wildman–Crippen MR) is 169 cm³/mol. The Labute approximate surface area is 254 Å². The topological polar surface area (TPSA) is 116 Å². The molecular weight excluding hydrogens is 572 g/mol. The van der Waals surface area contributed by atoms with Gasteiger partial charge >= 0.3 is 0 Å². The third-order valence-electron chi connectivity index (χ3n) is 7.27. The molecule has 1 aromatic carbocycles. The number of thioether (sulfide) groups is 1. The number of rotatable bonds is 13. The molecule has 0 spiro atoms. The number of amides is 1. The molecule has 5 N–H and O–H groups in total. The van der Waals surface area contributed by atoms with Crippen LogP contribution < -0.4 is 16.4 Å². The number of likely N-dealkylation sites (tertiary alicyclic amines) is 1. The number of thiazole rings is 1. The fourth-order valence-electron chi connectivity index (χ4n) is 4.89. The number of aliphatic hydroxyl groups excluding tert-OH is 1. The van der Waals surface area contributed by atoms with Gasteiger partial charge in [0, 0.05) is 31.3 Å². The van der Waals surface area contributed by atoms with E-state index in [4.69, 9.17) is 5.73 Å². The number of halogens is 1. The number of aryl methyl sites for hydroxylation is 1. The zero-order valence-electron chi connectivity index (χ0n) is 23.7. The molecule has 3 aromatic rings. The SMILES string of the molecule is C=C(C(=O)NCC1(c2ccccc2)CCN(CCCO)CC1)/C(F)=C(\C=C/N)Sc1cnc(Nc2cc(C)ccn2)s1. The number of allylic oxidation sites excluding steroid dienone is 1. The maximum Gasteiger partial charge on any atom is 0.253 e. The first-order valence-corrected chi connectivity index (χ1v) is 15.4. The lowest BCUT2D eigenvalue weighted by Gasteiger charge is -2.42. The summed E-state index contributed by atoms with van der Waals surface area (Å²) in [6.07, 6.45) is 8.41. The Balaban J connectivity index is 1.43. The fourth-order valence-corrected chi connectivity index (χ4v) is 6.80. The van der Waals surface area contributed by atoms with Gasteiger partial charge in [-0.1, -0.05) is 60.0 Å². The summed E-state index contributed by atoms with van der Waals surface area (Å²) in [6.45, 7) is 8.84. The summed E-state index contributed by atoms with van der Waals surface area (Å²) in [7, 11) is 0. The summed E-state index contributed by atoms with van der Waals surface area (Å²) in [5, 5.41) is 15.9. The smallest absolute Gasteiger partial charge is 0.253 e. The molecule has 1 saturated heterocycles. The van der Waals surface area contributed by atoms with Crippen molar-refractivity contribution < 1.29 is 14.3 Å². The second kappa shape index (κ2) is 15.1. The number of carbonyl (C=O) groups is 1. The molecule has 3 heterocycles. The summed E-state index contributed by atoms with van der Waals surface area (Å²) in [5.74, 6) is -0.639. The average Bonchev–Trinajstić information content (AvgIpc) is 3.45. The number of pyridine rings is 1. The van der Waals surface area contributed by atoms with Crippen molar-refractivity contribution in [3.8, 4) is 0 Å². The third-order valence-corrected chi connectivity index (χ3v) is 9.32. The second-order valence-electron chi connectivity index (χ2n) is 10.2. The van der Waals surface area contributed by atoms with Crippen LogP contribution in [0.5, 0.6) is 0 Å². The molecule has 1 amide bonds. The molecular formula is C31H37FN6O2S2. The first-order valence-electron chi connectivity index (χ1n) is 13.8. The maximum absolute atomic E-state index is 15.7. The lowest BCUT2D eigenvalue weighted by atomic mass is 9.72. The van der Waals surface area contributed by atoms with E-state index in [0.717, 1.165) is 61.8 Å². The van der Waals surface area contributed by atoms with Gasteiger partial charge in [0.15, 0.2) is 5.13 Å². The zero-order valence-corrected chi connectivity index (χ0v) is 25.3. The monoisotopic (exact) mass is 608 g/mol. The van der Waals surface area contributed by atoms with Crippen molar-refractivity contribution in [2.45, 2.75) is 35.8 Å². The number of hydrogen-bond acceptors (Lipinski definition) is 9. The number of nitrogens with two attached hydrogens (primary N) is 1. The van der Waals surface area contributed by atoms with Crippen molar-refractivity contribution in [2.24, 2.45) is 5.73 Å². The minimum atomic E-state index is -0.741. The van der Waals surface area contributed by atoms with Crippen LogP contribution in [0.4, 0.5) is 15.3 Å². The molecule has 42 heavy (non-hydrogen) atoms. The van der Waals surface area contributed by atoms with E-state index in [2.05, 4.69) is 44.2 Å². The van der Waals surface area contributed by atoms with Gasteiger partial charge in [-0.3, -0.25) is 4.79 Å². The highest BCUT2D eigenvalue weighted by molar-refractivity contribution is 8.05. The molecule has 1 fully saturated rings. The summed E-state index contributed by atoms with van der Waals surface area (Å²) in [4.78, 5) is 24.3. The van der Waals surface area contributed by atoms with Crippen LogP contribution >= 0.6 is 23.1 Å². The van der Waals surface area contributed by atoms with Gasteiger partial charge < -0.3 is 26.4 Å². The lowest BCUT2D eigenvalue weighted by Crippen LogP contribution is -2.49. The van der Waals surface area contributed by atoms with Crippen LogP contribution in [0.1, 0.15) is 30.4 Å². The molecule has 0 aliphatic carbocycles. The van der Waals surface area contributed by atoms with Gasteiger partial charge in [0.2, 0.25) is 0 Å². The Morgan fingerprint density at radius 2 is 2.02 bits per heavy atom. The molecule has 0 saturated carbocycles. The first kappa shape index (κ1) is 31.4. The van der Waals surface area contributed by atoms with Gasteiger partial charge in [-0.05, 0) is 74.8 Å². The van der Waals surface area contributed by atoms with E-state index in [0.29, 0.717) is 21.7 Å². The third kappa shape index (κ3) is 8.28. The fraction of sp³-hybridized carbons (Fsp3) is 0.323. The Hall–Kier alpha value is -3.51. The van der Waals surface area contributed by atoms with Crippen LogP contribution in [-0.4, -0.2) is 58.7 Å². The van der Waals surface area contributed by atoms with Gasteiger partial charge in [-0.15, -0.1) is 0 Å². The highest BCUT2D eigenvalue weighted by Gasteiger charge is 2.36. The van der Waals surface area contributed by atoms with Gasteiger partial charge in [-0.2, -0.15) is 0 Å². The van der Waals surface area contributed by atoms with Crippen LogP contribution in [0.2, 0.25) is 0 Å². The molecule has 0 atom stereocenters. The summed E-state index contributed by atoms with van der Waals surface area (Å²) in [5.41, 5.74) is 7.30. The highest BCUT2D eigenvalue weighted by Crippen LogP contribution is 2.38. The van der Waals surface area contributed by atoms with Crippen molar-refractivity contribution in [3.63, 3.8) is 0 Å².